The maximum Gasteiger partial charge on any atom is 0.239 e. The Morgan fingerprint density at radius 2 is 2.17 bits per heavy atom. The van der Waals surface area contributed by atoms with Gasteiger partial charge < -0.3 is 20.3 Å². The molecule has 24 heavy (non-hydrogen) atoms. The van der Waals surface area contributed by atoms with Crippen molar-refractivity contribution in [1.29, 1.82) is 0 Å². The van der Waals surface area contributed by atoms with Crippen LogP contribution < -0.4 is 15.5 Å². The summed E-state index contributed by atoms with van der Waals surface area (Å²) in [6.07, 6.45) is 0. The maximum absolute atomic E-state index is 12.0. The lowest BCUT2D eigenvalue weighted by atomic mass is 10.2. The Morgan fingerprint density at radius 1 is 1.33 bits per heavy atom. The van der Waals surface area contributed by atoms with Gasteiger partial charge in [0.05, 0.1) is 13.2 Å². The lowest BCUT2D eigenvalue weighted by Crippen LogP contribution is -2.53. The highest BCUT2D eigenvalue weighted by molar-refractivity contribution is 6.30. The number of carbonyl (C=O) groups excluding carboxylic acids is 1. The fourth-order valence-electron chi connectivity index (χ4n) is 3.10. The third-order valence-electron chi connectivity index (χ3n) is 4.51. The van der Waals surface area contributed by atoms with Gasteiger partial charge in [-0.1, -0.05) is 17.7 Å². The van der Waals surface area contributed by atoms with Gasteiger partial charge in [-0.2, -0.15) is 0 Å². The van der Waals surface area contributed by atoms with Crippen molar-refractivity contribution in [2.75, 3.05) is 63.9 Å². The minimum absolute atomic E-state index is 0.0345. The Balaban J connectivity index is 1.36. The Hall–Kier alpha value is -1.34. The van der Waals surface area contributed by atoms with E-state index in [-0.39, 0.29) is 11.9 Å². The van der Waals surface area contributed by atoms with E-state index in [1.54, 1.807) is 0 Å². The molecule has 1 aromatic rings. The van der Waals surface area contributed by atoms with E-state index in [4.69, 9.17) is 16.3 Å². The molecule has 0 spiro atoms. The molecule has 1 aromatic carbocycles. The zero-order valence-electron chi connectivity index (χ0n) is 13.8. The summed E-state index contributed by atoms with van der Waals surface area (Å²) < 4.78 is 5.31. The molecule has 2 aliphatic rings. The number of hydrogen-bond donors (Lipinski definition) is 2. The van der Waals surface area contributed by atoms with E-state index in [2.05, 4.69) is 26.5 Å². The molecule has 2 heterocycles. The predicted molar refractivity (Wildman–Crippen MR) is 95.7 cm³/mol. The molecular weight excluding hydrogens is 328 g/mol. The van der Waals surface area contributed by atoms with Crippen molar-refractivity contribution in [1.82, 2.24) is 15.5 Å². The van der Waals surface area contributed by atoms with Crippen LogP contribution in [0, 0.1) is 0 Å². The topological polar surface area (TPSA) is 56.8 Å². The first-order valence-electron chi connectivity index (χ1n) is 8.54. The van der Waals surface area contributed by atoms with Crippen molar-refractivity contribution < 1.29 is 9.53 Å². The van der Waals surface area contributed by atoms with Crippen molar-refractivity contribution in [3.63, 3.8) is 0 Å². The van der Waals surface area contributed by atoms with E-state index < -0.39 is 0 Å². The molecule has 3 rings (SSSR count). The number of benzene rings is 1. The molecule has 6 nitrogen and oxygen atoms in total. The van der Waals surface area contributed by atoms with E-state index in [1.807, 2.05) is 18.2 Å². The van der Waals surface area contributed by atoms with Crippen LogP contribution in [0.4, 0.5) is 5.69 Å². The average Bonchev–Trinajstić information content (AvgIpc) is 2.63. The molecule has 0 bridgehead atoms. The normalized spacial score (nSPS) is 22.4. The molecule has 2 N–H and O–H groups in total. The van der Waals surface area contributed by atoms with Gasteiger partial charge in [0.2, 0.25) is 5.91 Å². The Labute approximate surface area is 148 Å². The third-order valence-corrected chi connectivity index (χ3v) is 4.75. The summed E-state index contributed by atoms with van der Waals surface area (Å²) >= 11 is 6.06. The molecule has 0 saturated carbocycles. The van der Waals surface area contributed by atoms with Crippen LogP contribution in [0.3, 0.4) is 0 Å². The molecule has 2 saturated heterocycles. The molecule has 132 valence electrons. The fourth-order valence-corrected chi connectivity index (χ4v) is 3.28. The second kappa shape index (κ2) is 8.67. The second-order valence-electron chi connectivity index (χ2n) is 6.18. The van der Waals surface area contributed by atoms with Gasteiger partial charge in [0.25, 0.3) is 0 Å². The lowest BCUT2D eigenvalue weighted by Gasteiger charge is -2.36. The number of carbonyl (C=O) groups is 1. The van der Waals surface area contributed by atoms with Gasteiger partial charge in [-0.05, 0) is 18.2 Å². The number of anilines is 1. The monoisotopic (exact) mass is 352 g/mol. The minimum atomic E-state index is -0.210. The Kier molecular flexibility index (Phi) is 6.31. The smallest absolute Gasteiger partial charge is 0.239 e. The van der Waals surface area contributed by atoms with Crippen molar-refractivity contribution in [3.05, 3.63) is 29.3 Å². The van der Waals surface area contributed by atoms with Crippen molar-refractivity contribution in [3.8, 4) is 0 Å². The highest BCUT2D eigenvalue weighted by Gasteiger charge is 2.21. The second-order valence-corrected chi connectivity index (χ2v) is 6.62. The van der Waals surface area contributed by atoms with Gasteiger partial charge in [0.1, 0.15) is 6.04 Å². The van der Waals surface area contributed by atoms with Gasteiger partial charge in [-0.25, -0.2) is 0 Å². The quantitative estimate of drug-likeness (QED) is 0.811. The van der Waals surface area contributed by atoms with E-state index in [1.165, 1.54) is 5.69 Å². The largest absolute Gasteiger partial charge is 0.378 e. The fraction of sp³-hybridized carbons (Fsp3) is 0.588. The average molecular weight is 353 g/mol. The van der Waals surface area contributed by atoms with Gasteiger partial charge in [-0.3, -0.25) is 9.69 Å². The molecule has 2 fully saturated rings. The van der Waals surface area contributed by atoms with Crippen LogP contribution in [0.15, 0.2) is 24.3 Å². The van der Waals surface area contributed by atoms with Gasteiger partial charge >= 0.3 is 0 Å². The van der Waals surface area contributed by atoms with Crippen LogP contribution in [0.2, 0.25) is 5.02 Å². The Bertz CT molecular complexity index is 543. The number of nitrogens with one attached hydrogen (secondary N) is 2. The standard InChI is InChI=1S/C17H25ClN4O2/c18-14-2-1-3-15(12-14)22-9-7-21(8-10-22)6-4-20-17(23)16-13-24-11-5-19-16/h1-3,12,16,19H,4-11,13H2,(H,20,23). The minimum Gasteiger partial charge on any atom is -0.378 e. The molecule has 7 heteroatoms. The molecule has 2 aliphatic heterocycles. The highest BCUT2D eigenvalue weighted by Crippen LogP contribution is 2.20. The summed E-state index contributed by atoms with van der Waals surface area (Å²) in [6.45, 7) is 7.38. The lowest BCUT2D eigenvalue weighted by molar-refractivity contribution is -0.125. The van der Waals surface area contributed by atoms with Gasteiger partial charge in [0, 0.05) is 56.5 Å². The van der Waals surface area contributed by atoms with Crippen molar-refractivity contribution >= 4 is 23.2 Å². The third kappa shape index (κ3) is 4.83. The molecular formula is C17H25ClN4O2. The van der Waals surface area contributed by atoms with Crippen LogP contribution in [0.25, 0.3) is 0 Å². The van der Waals surface area contributed by atoms with Crippen molar-refractivity contribution in [2.45, 2.75) is 6.04 Å². The summed E-state index contributed by atoms with van der Waals surface area (Å²) in [5.41, 5.74) is 1.18. The molecule has 1 unspecified atom stereocenters. The van der Waals surface area contributed by atoms with Gasteiger partial charge in [0.15, 0.2) is 0 Å². The van der Waals surface area contributed by atoms with E-state index in [0.717, 1.165) is 44.3 Å². The predicted octanol–water partition coefficient (Wildman–Crippen LogP) is 0.567. The number of hydrogen-bond acceptors (Lipinski definition) is 5. The molecule has 0 radical (unpaired) electrons. The summed E-state index contributed by atoms with van der Waals surface area (Å²) in [4.78, 5) is 16.7. The van der Waals surface area contributed by atoms with E-state index in [0.29, 0.717) is 19.8 Å². The molecule has 1 amide bonds. The number of rotatable bonds is 5. The van der Waals surface area contributed by atoms with Crippen LogP contribution in [0.5, 0.6) is 0 Å². The molecule has 0 aromatic heterocycles. The Morgan fingerprint density at radius 3 is 2.88 bits per heavy atom. The number of ether oxygens (including phenoxy) is 1. The van der Waals surface area contributed by atoms with Crippen LogP contribution in [-0.2, 0) is 9.53 Å². The van der Waals surface area contributed by atoms with Crippen LogP contribution in [0.1, 0.15) is 0 Å². The zero-order chi connectivity index (χ0) is 16.8. The molecule has 1 atom stereocenters. The summed E-state index contributed by atoms with van der Waals surface area (Å²) in [7, 11) is 0. The number of amides is 1. The van der Waals surface area contributed by atoms with Crippen LogP contribution >= 0.6 is 11.6 Å². The van der Waals surface area contributed by atoms with Gasteiger partial charge in [-0.15, -0.1) is 0 Å². The SMILES string of the molecule is O=C(NCCN1CCN(c2cccc(Cl)c2)CC1)C1COCCN1. The number of nitrogens with zero attached hydrogens (tertiary/aromatic N) is 2. The highest BCUT2D eigenvalue weighted by atomic mass is 35.5. The number of morpholine rings is 1. The van der Waals surface area contributed by atoms with E-state index in [9.17, 15) is 4.79 Å². The van der Waals surface area contributed by atoms with E-state index >= 15 is 0 Å². The first-order valence-corrected chi connectivity index (χ1v) is 8.92. The zero-order valence-corrected chi connectivity index (χ0v) is 14.6. The molecule has 0 aliphatic carbocycles. The first kappa shape index (κ1) is 17.5. The number of halogens is 1. The first-order chi connectivity index (χ1) is 11.7. The summed E-state index contributed by atoms with van der Waals surface area (Å²) in [5.74, 6) is 0.0345. The number of piperazine rings is 1. The summed E-state index contributed by atoms with van der Waals surface area (Å²) in [6, 6.07) is 7.79. The van der Waals surface area contributed by atoms with Crippen LogP contribution in [-0.4, -0.2) is 75.9 Å². The summed E-state index contributed by atoms with van der Waals surface area (Å²) in [5, 5.41) is 6.94. The van der Waals surface area contributed by atoms with Crippen molar-refractivity contribution in [2.24, 2.45) is 0 Å². The maximum atomic E-state index is 12.0.